The molecule has 3 atom stereocenters. The van der Waals surface area contributed by atoms with Gasteiger partial charge in [-0.2, -0.15) is 17.2 Å². The average molecular weight is 322 g/mol. The van der Waals surface area contributed by atoms with Gasteiger partial charge in [0.1, 0.15) is 0 Å². The van der Waals surface area contributed by atoms with Crippen LogP contribution < -0.4 is 0 Å². The monoisotopic (exact) mass is 322 g/mol. The first-order valence-electron chi connectivity index (χ1n) is 6.77. The Bertz CT molecular complexity index is 641. The molecular formula is C13H16F2O5S. The largest absolute Gasteiger partial charge is 0.465 e. The van der Waals surface area contributed by atoms with Crippen molar-refractivity contribution in [2.24, 2.45) is 16.7 Å². The highest BCUT2D eigenvalue weighted by molar-refractivity contribution is 7.87. The predicted octanol–water partition coefficient (Wildman–Crippen LogP) is 2.15. The van der Waals surface area contributed by atoms with Gasteiger partial charge in [0.05, 0.1) is 6.61 Å². The number of esters is 1. The number of hydrogen-bond acceptors (Lipinski definition) is 4. The van der Waals surface area contributed by atoms with E-state index in [0.717, 1.165) is 19.3 Å². The molecule has 0 aliphatic heterocycles. The molecule has 1 N–H and O–H groups in total. The maximum Gasteiger partial charge on any atom is 0.465 e. The summed E-state index contributed by atoms with van der Waals surface area (Å²) in [6.07, 6.45) is 5.66. The number of carbonyl (C=O) groups is 1. The molecule has 0 amide bonds. The van der Waals surface area contributed by atoms with Crippen LogP contribution in [0.1, 0.15) is 32.6 Å². The fraction of sp³-hybridized carbons (Fsp3) is 0.769. The van der Waals surface area contributed by atoms with Gasteiger partial charge < -0.3 is 4.74 Å². The molecule has 0 aromatic heterocycles. The van der Waals surface area contributed by atoms with Crippen LogP contribution in [0.2, 0.25) is 0 Å². The quantitative estimate of drug-likeness (QED) is 0.476. The summed E-state index contributed by atoms with van der Waals surface area (Å²) in [5.41, 5.74) is 1.64. The zero-order valence-electron chi connectivity index (χ0n) is 11.4. The van der Waals surface area contributed by atoms with Crippen LogP contribution in [0.5, 0.6) is 0 Å². The second kappa shape index (κ2) is 4.04. The minimum absolute atomic E-state index is 0.0180. The summed E-state index contributed by atoms with van der Waals surface area (Å²) < 4.78 is 59.6. The molecular weight excluding hydrogens is 306 g/mol. The van der Waals surface area contributed by atoms with Crippen molar-refractivity contribution in [1.82, 2.24) is 0 Å². The lowest BCUT2D eigenvalue weighted by Crippen LogP contribution is -2.39. The Hall–Kier alpha value is -1.02. The van der Waals surface area contributed by atoms with E-state index in [9.17, 15) is 22.0 Å². The standard InChI is InChI=1S/C13H16F2O5S/c1-8-4-9-6-12(9)7-11(12,5-8)2-3-20-10(16)13(14,15)21(17,18)19/h4,8H,2-3,5-7H2,1H3,(H,17,18,19). The van der Waals surface area contributed by atoms with E-state index >= 15 is 0 Å². The number of alkyl halides is 2. The topological polar surface area (TPSA) is 80.7 Å². The Morgan fingerprint density at radius 1 is 1.57 bits per heavy atom. The van der Waals surface area contributed by atoms with E-state index in [2.05, 4.69) is 17.7 Å². The van der Waals surface area contributed by atoms with Crippen molar-refractivity contribution in [2.45, 2.75) is 37.9 Å². The summed E-state index contributed by atoms with van der Waals surface area (Å²) in [5.74, 6) is -1.79. The highest BCUT2D eigenvalue weighted by Gasteiger charge is 2.77. The zero-order chi connectivity index (χ0) is 15.7. The highest BCUT2D eigenvalue weighted by Crippen LogP contribution is 2.86. The minimum Gasteiger partial charge on any atom is -0.460 e. The number of rotatable bonds is 5. The van der Waals surface area contributed by atoms with E-state index in [1.165, 1.54) is 5.57 Å². The molecule has 3 unspecified atom stereocenters. The molecule has 5 nitrogen and oxygen atoms in total. The van der Waals surface area contributed by atoms with Gasteiger partial charge in [0.15, 0.2) is 0 Å². The Labute approximate surface area is 121 Å². The second-order valence-electron chi connectivity index (χ2n) is 6.47. The number of allylic oxidation sites excluding steroid dienone is 2. The van der Waals surface area contributed by atoms with Gasteiger partial charge in [0.25, 0.3) is 0 Å². The van der Waals surface area contributed by atoms with Gasteiger partial charge in [-0.3, -0.25) is 4.55 Å². The van der Waals surface area contributed by atoms with E-state index in [4.69, 9.17) is 4.55 Å². The van der Waals surface area contributed by atoms with Gasteiger partial charge in [-0.25, -0.2) is 4.79 Å². The lowest BCUT2D eigenvalue weighted by Gasteiger charge is -2.23. The van der Waals surface area contributed by atoms with E-state index < -0.39 is 21.3 Å². The molecule has 0 heterocycles. The summed E-state index contributed by atoms with van der Waals surface area (Å²) >= 11 is 0. The third kappa shape index (κ3) is 2.03. The van der Waals surface area contributed by atoms with Gasteiger partial charge in [-0.05, 0) is 37.0 Å². The predicted molar refractivity (Wildman–Crippen MR) is 68.0 cm³/mol. The van der Waals surface area contributed by atoms with Crippen LogP contribution in [0.3, 0.4) is 0 Å². The molecule has 2 saturated carbocycles. The summed E-state index contributed by atoms with van der Waals surface area (Å²) in [6, 6.07) is 0. The molecule has 1 spiro atoms. The maximum absolute atomic E-state index is 13.0. The fourth-order valence-corrected chi connectivity index (χ4v) is 4.25. The van der Waals surface area contributed by atoms with Gasteiger partial charge in [-0.15, -0.1) is 0 Å². The third-order valence-corrected chi connectivity index (χ3v) is 5.90. The van der Waals surface area contributed by atoms with Crippen LogP contribution in [-0.2, 0) is 19.6 Å². The van der Waals surface area contributed by atoms with Gasteiger partial charge >= 0.3 is 21.3 Å². The van der Waals surface area contributed by atoms with Crippen molar-refractivity contribution in [1.29, 1.82) is 0 Å². The summed E-state index contributed by atoms with van der Waals surface area (Å²) in [6.45, 7) is 1.83. The Balaban J connectivity index is 1.57. The molecule has 3 aliphatic rings. The second-order valence-corrected chi connectivity index (χ2v) is 7.93. The van der Waals surface area contributed by atoms with Crippen LogP contribution in [0.4, 0.5) is 8.78 Å². The first-order valence-corrected chi connectivity index (χ1v) is 8.21. The van der Waals surface area contributed by atoms with Crippen molar-refractivity contribution < 1.29 is 31.3 Å². The molecule has 0 aromatic carbocycles. The number of halogens is 2. The molecule has 8 heteroatoms. The minimum atomic E-state index is -5.79. The Kier molecular flexibility index (Phi) is 2.86. The Morgan fingerprint density at radius 3 is 2.86 bits per heavy atom. The first-order chi connectivity index (χ1) is 9.54. The van der Waals surface area contributed by atoms with Crippen LogP contribution in [0.15, 0.2) is 11.6 Å². The molecule has 3 rings (SSSR count). The summed E-state index contributed by atoms with van der Waals surface area (Å²) in [7, 11) is -5.79. The van der Waals surface area contributed by atoms with Crippen LogP contribution in [-0.4, -0.2) is 30.8 Å². The van der Waals surface area contributed by atoms with Crippen LogP contribution in [0, 0.1) is 16.7 Å². The van der Waals surface area contributed by atoms with Gasteiger partial charge in [0, 0.05) is 5.41 Å². The van der Waals surface area contributed by atoms with Crippen molar-refractivity contribution in [2.75, 3.05) is 6.61 Å². The maximum atomic E-state index is 13.0. The van der Waals surface area contributed by atoms with Crippen molar-refractivity contribution in [3.05, 3.63) is 11.6 Å². The number of hydrogen-bond donors (Lipinski definition) is 1. The number of carbonyl (C=O) groups excluding carboxylic acids is 1. The van der Waals surface area contributed by atoms with Crippen molar-refractivity contribution in [3.8, 4) is 0 Å². The molecule has 0 aromatic rings. The SMILES string of the molecule is CC1C=C2CC23CC3(CCOC(=O)C(F)(F)S(=O)(=O)O)C1. The zero-order valence-corrected chi connectivity index (χ0v) is 12.3. The first kappa shape index (κ1) is 14.9. The third-order valence-electron chi connectivity index (χ3n) is 5.09. The molecule has 118 valence electrons. The lowest BCUT2D eigenvalue weighted by atomic mass is 9.84. The normalized spacial score (nSPS) is 37.1. The fourth-order valence-electron chi connectivity index (χ4n) is 3.98. The van der Waals surface area contributed by atoms with Gasteiger partial charge in [0.2, 0.25) is 0 Å². The highest BCUT2D eigenvalue weighted by atomic mass is 32.2. The molecule has 2 fully saturated rings. The van der Waals surface area contributed by atoms with E-state index in [-0.39, 0.29) is 17.4 Å². The Morgan fingerprint density at radius 2 is 2.24 bits per heavy atom. The molecule has 0 saturated heterocycles. The number of ether oxygens (including phenoxy) is 1. The van der Waals surface area contributed by atoms with E-state index in [1.54, 1.807) is 0 Å². The van der Waals surface area contributed by atoms with Crippen molar-refractivity contribution in [3.63, 3.8) is 0 Å². The molecule has 21 heavy (non-hydrogen) atoms. The molecule has 0 radical (unpaired) electrons. The van der Waals surface area contributed by atoms with Crippen molar-refractivity contribution >= 4 is 16.1 Å². The van der Waals surface area contributed by atoms with Gasteiger partial charge in [-0.1, -0.05) is 18.6 Å². The van der Waals surface area contributed by atoms with E-state index in [1.807, 2.05) is 0 Å². The molecule has 0 bridgehead atoms. The van der Waals surface area contributed by atoms with Crippen LogP contribution in [0.25, 0.3) is 0 Å². The lowest BCUT2D eigenvalue weighted by molar-refractivity contribution is -0.162. The molecule has 3 aliphatic carbocycles. The smallest absolute Gasteiger partial charge is 0.460 e. The van der Waals surface area contributed by atoms with Crippen LogP contribution >= 0.6 is 0 Å². The average Bonchev–Trinajstić information content (AvgIpc) is 3.15. The summed E-state index contributed by atoms with van der Waals surface area (Å²) in [5, 5.41) is -4.91. The van der Waals surface area contributed by atoms with E-state index in [0.29, 0.717) is 12.3 Å². The summed E-state index contributed by atoms with van der Waals surface area (Å²) in [4.78, 5) is 11.1.